The molecule has 13 heteroatoms. The molecule has 0 radical (unpaired) electrons. The second-order valence-corrected chi connectivity index (χ2v) is 11.2. The molecule has 1 aliphatic rings. The summed E-state index contributed by atoms with van der Waals surface area (Å²) in [5.41, 5.74) is 6.42. The number of halogens is 4. The van der Waals surface area contributed by atoms with Gasteiger partial charge in [0, 0.05) is 48.6 Å². The Labute approximate surface area is 240 Å². The second kappa shape index (κ2) is 14.5. The number of rotatable bonds is 12. The van der Waals surface area contributed by atoms with E-state index in [1.54, 1.807) is 13.0 Å². The van der Waals surface area contributed by atoms with Gasteiger partial charge in [0.25, 0.3) is 5.91 Å². The highest BCUT2D eigenvalue weighted by molar-refractivity contribution is 8.00. The fourth-order valence-electron chi connectivity index (χ4n) is 4.32. The third kappa shape index (κ3) is 8.59. The van der Waals surface area contributed by atoms with Gasteiger partial charge < -0.3 is 26.0 Å². The summed E-state index contributed by atoms with van der Waals surface area (Å²) in [6.07, 6.45) is -0.441. The molecule has 224 valence electrons. The molecular formula is C28H34F4N4O4S. The van der Waals surface area contributed by atoms with Gasteiger partial charge in [-0.3, -0.25) is 9.59 Å². The average Bonchev–Trinajstić information content (AvgIpc) is 3.40. The minimum absolute atomic E-state index is 0.104. The molecule has 0 aromatic heterocycles. The molecule has 1 fully saturated rings. The summed E-state index contributed by atoms with van der Waals surface area (Å²) in [7, 11) is 0. The van der Waals surface area contributed by atoms with Crippen molar-refractivity contribution in [3.8, 4) is 0 Å². The number of amides is 2. The molecule has 2 amide bonds. The average molecular weight is 599 g/mol. The predicted molar refractivity (Wildman–Crippen MR) is 148 cm³/mol. The molecule has 0 unspecified atom stereocenters. The van der Waals surface area contributed by atoms with Crippen LogP contribution in [0.25, 0.3) is 0 Å². The first-order chi connectivity index (χ1) is 19.4. The van der Waals surface area contributed by atoms with Gasteiger partial charge in [0.1, 0.15) is 17.7 Å². The van der Waals surface area contributed by atoms with Crippen molar-refractivity contribution in [3.05, 3.63) is 64.7 Å². The Bertz CT molecular complexity index is 1270. The van der Waals surface area contributed by atoms with E-state index in [4.69, 9.17) is 10.5 Å². The zero-order chi connectivity index (χ0) is 30.3. The van der Waals surface area contributed by atoms with Crippen LogP contribution in [0.1, 0.15) is 38.3 Å². The van der Waals surface area contributed by atoms with Gasteiger partial charge in [0.15, 0.2) is 17.0 Å². The minimum Gasteiger partial charge on any atom is -0.464 e. The van der Waals surface area contributed by atoms with Gasteiger partial charge >= 0.3 is 5.97 Å². The van der Waals surface area contributed by atoms with Crippen LogP contribution in [0.3, 0.4) is 0 Å². The van der Waals surface area contributed by atoms with Gasteiger partial charge in [0.05, 0.1) is 6.61 Å². The topological polar surface area (TPSA) is 114 Å². The predicted octanol–water partition coefficient (Wildman–Crippen LogP) is 3.72. The summed E-state index contributed by atoms with van der Waals surface area (Å²) >= 11 is 1.24. The van der Waals surface area contributed by atoms with E-state index in [2.05, 4.69) is 10.6 Å². The number of carbonyl (C=O) groups is 3. The van der Waals surface area contributed by atoms with Gasteiger partial charge in [-0.2, -0.15) is 0 Å². The number of anilines is 1. The van der Waals surface area contributed by atoms with Crippen LogP contribution in [0, 0.1) is 29.2 Å². The van der Waals surface area contributed by atoms with Crippen molar-refractivity contribution in [2.75, 3.05) is 24.2 Å². The lowest BCUT2D eigenvalue weighted by molar-refractivity contribution is -0.145. The molecular weight excluding hydrogens is 564 g/mol. The van der Waals surface area contributed by atoms with Crippen LogP contribution in [0.15, 0.2) is 30.3 Å². The van der Waals surface area contributed by atoms with Gasteiger partial charge in [-0.05, 0) is 43.0 Å². The molecule has 0 bridgehead atoms. The number of nitrogens with two attached hydrogens (primary N) is 1. The Hall–Kier alpha value is -3.32. The third-order valence-electron chi connectivity index (χ3n) is 6.48. The number of ether oxygens (including phenoxy) is 1. The number of carbonyl (C=O) groups excluding carboxylic acids is 3. The Balaban J connectivity index is 1.56. The van der Waals surface area contributed by atoms with Crippen LogP contribution < -0.4 is 16.4 Å². The Morgan fingerprint density at radius 1 is 1.05 bits per heavy atom. The fourth-order valence-corrected chi connectivity index (χ4v) is 5.48. The lowest BCUT2D eigenvalue weighted by Gasteiger charge is -2.25. The maximum atomic E-state index is 14.8. The molecule has 8 nitrogen and oxygen atoms in total. The largest absolute Gasteiger partial charge is 0.464 e. The zero-order valence-corrected chi connectivity index (χ0v) is 23.8. The summed E-state index contributed by atoms with van der Waals surface area (Å²) in [5, 5.41) is 4.76. The normalized spacial score (nSPS) is 16.4. The highest BCUT2D eigenvalue weighted by Gasteiger charge is 2.35. The van der Waals surface area contributed by atoms with Gasteiger partial charge in [-0.25, -0.2) is 22.4 Å². The number of hydrogen-bond donors (Lipinski definition) is 3. The van der Waals surface area contributed by atoms with E-state index in [0.29, 0.717) is 23.6 Å². The molecule has 0 aliphatic carbocycles. The van der Waals surface area contributed by atoms with E-state index >= 15 is 0 Å². The zero-order valence-electron chi connectivity index (χ0n) is 23.0. The van der Waals surface area contributed by atoms with Gasteiger partial charge in [-0.1, -0.05) is 19.9 Å². The van der Waals surface area contributed by atoms with Gasteiger partial charge in [0.2, 0.25) is 5.91 Å². The minimum atomic E-state index is -1.32. The number of thioether (sulfide) groups is 1. The number of benzene rings is 2. The summed E-state index contributed by atoms with van der Waals surface area (Å²) in [4.78, 5) is 39.3. The van der Waals surface area contributed by atoms with Crippen molar-refractivity contribution < 1.29 is 36.7 Å². The van der Waals surface area contributed by atoms with E-state index in [1.807, 2.05) is 13.8 Å². The Kier molecular flexibility index (Phi) is 11.4. The van der Waals surface area contributed by atoms with E-state index in [0.717, 1.165) is 0 Å². The SMILES string of the molecule is CCOC(=O)[C@H](Nc1ccc(CNC(=O)[C@@H]2SCCN2C(=O)C[C@H](N)Cc2cc(F)c(F)cc2F)c(F)c1)C(C)C. The van der Waals surface area contributed by atoms with Crippen molar-refractivity contribution in [2.45, 2.75) is 57.6 Å². The molecule has 1 saturated heterocycles. The maximum Gasteiger partial charge on any atom is 0.328 e. The first kappa shape index (κ1) is 32.2. The van der Waals surface area contributed by atoms with E-state index in [-0.39, 0.29) is 49.6 Å². The summed E-state index contributed by atoms with van der Waals surface area (Å²) < 4.78 is 60.5. The second-order valence-electron chi connectivity index (χ2n) is 9.98. The summed E-state index contributed by atoms with van der Waals surface area (Å²) in [6, 6.07) is 3.89. The van der Waals surface area contributed by atoms with Crippen molar-refractivity contribution in [1.29, 1.82) is 0 Å². The quantitative estimate of drug-likeness (QED) is 0.194. The molecule has 0 saturated carbocycles. The molecule has 3 rings (SSSR count). The molecule has 2 aromatic carbocycles. The Morgan fingerprint density at radius 3 is 2.39 bits per heavy atom. The van der Waals surface area contributed by atoms with Crippen LogP contribution in [-0.4, -0.2) is 59.0 Å². The molecule has 4 N–H and O–H groups in total. The lowest BCUT2D eigenvalue weighted by atomic mass is 10.0. The smallest absolute Gasteiger partial charge is 0.328 e. The third-order valence-corrected chi connectivity index (χ3v) is 7.68. The molecule has 2 aromatic rings. The highest BCUT2D eigenvalue weighted by Crippen LogP contribution is 2.26. The molecule has 41 heavy (non-hydrogen) atoms. The van der Waals surface area contributed by atoms with Crippen molar-refractivity contribution in [2.24, 2.45) is 11.7 Å². The first-order valence-electron chi connectivity index (χ1n) is 13.2. The number of hydrogen-bond acceptors (Lipinski definition) is 7. The molecule has 1 aliphatic heterocycles. The highest BCUT2D eigenvalue weighted by atomic mass is 32.2. The van der Waals surface area contributed by atoms with E-state index < -0.39 is 58.5 Å². The van der Waals surface area contributed by atoms with Gasteiger partial charge in [-0.15, -0.1) is 11.8 Å². The maximum absolute atomic E-state index is 14.8. The molecule has 3 atom stereocenters. The van der Waals surface area contributed by atoms with Crippen LogP contribution in [0.2, 0.25) is 0 Å². The monoisotopic (exact) mass is 598 g/mol. The van der Waals surface area contributed by atoms with E-state index in [9.17, 15) is 31.9 Å². The number of nitrogens with zero attached hydrogens (tertiary/aromatic N) is 1. The van der Waals surface area contributed by atoms with Crippen molar-refractivity contribution in [3.63, 3.8) is 0 Å². The summed E-state index contributed by atoms with van der Waals surface area (Å²) in [6.45, 7) is 5.75. The summed E-state index contributed by atoms with van der Waals surface area (Å²) in [5.74, 6) is -5.09. The van der Waals surface area contributed by atoms with Crippen molar-refractivity contribution >= 4 is 35.2 Å². The lowest BCUT2D eigenvalue weighted by Crippen LogP contribution is -2.46. The number of esters is 1. The first-order valence-corrected chi connectivity index (χ1v) is 14.3. The fraction of sp³-hybridized carbons (Fsp3) is 0.464. The Morgan fingerprint density at radius 2 is 1.73 bits per heavy atom. The molecule has 0 spiro atoms. The van der Waals surface area contributed by atoms with E-state index in [1.165, 1.54) is 28.8 Å². The van der Waals surface area contributed by atoms with Crippen LogP contribution in [0.5, 0.6) is 0 Å². The van der Waals surface area contributed by atoms with Crippen LogP contribution in [-0.2, 0) is 32.1 Å². The molecule has 1 heterocycles. The standard InChI is InChI=1S/C28H34F4N4O4S/c1-4-40-28(39)25(15(2)3)35-19-6-5-16(20(29)12-19)14-34-26(38)27-36(7-8-41-27)24(37)11-18(33)9-17-10-22(31)23(32)13-21(17)30/h5-6,10,12-13,15,18,25,27,35H,4,7-9,11,14,33H2,1-3H3,(H,34,38)/t18-,25-,27+/m1/s1. The van der Waals surface area contributed by atoms with Crippen LogP contribution in [0.4, 0.5) is 23.2 Å². The number of nitrogens with one attached hydrogen (secondary N) is 2. The van der Waals surface area contributed by atoms with Crippen molar-refractivity contribution in [1.82, 2.24) is 10.2 Å². The van der Waals surface area contributed by atoms with Crippen LogP contribution >= 0.6 is 11.8 Å².